The largest absolute Gasteiger partial charge is 0.493 e. The molecule has 1 aromatic carbocycles. The van der Waals surface area contributed by atoms with Crippen LogP contribution in [0.1, 0.15) is 24.5 Å². The fourth-order valence-corrected chi connectivity index (χ4v) is 2.74. The van der Waals surface area contributed by atoms with Crippen molar-refractivity contribution in [2.24, 2.45) is 4.99 Å². The molecule has 2 N–H and O–H groups in total. The second-order valence-electron chi connectivity index (χ2n) is 6.23. The fraction of sp³-hybridized carbons (Fsp3) is 0.500. The molecular formula is C20H32IN5O2. The summed E-state index contributed by atoms with van der Waals surface area (Å²) in [5.74, 6) is 2.39. The molecular weight excluding hydrogens is 469 g/mol. The maximum Gasteiger partial charge on any atom is 0.191 e. The molecule has 1 heterocycles. The van der Waals surface area contributed by atoms with E-state index in [1.165, 1.54) is 11.1 Å². The molecule has 0 fully saturated rings. The van der Waals surface area contributed by atoms with Crippen LogP contribution in [-0.2, 0) is 13.0 Å². The Labute approximate surface area is 184 Å². The highest BCUT2D eigenvalue weighted by atomic mass is 127. The molecule has 1 aromatic heterocycles. The van der Waals surface area contributed by atoms with Gasteiger partial charge in [-0.2, -0.15) is 5.10 Å². The van der Waals surface area contributed by atoms with E-state index in [0.29, 0.717) is 6.61 Å². The van der Waals surface area contributed by atoms with Crippen LogP contribution in [0.4, 0.5) is 0 Å². The average Bonchev–Trinajstić information content (AvgIpc) is 3.09. The SMILES string of the molecule is CCOc1cc(CCCNC(=NC)NCCn2cc(C)cn2)ccc1OC.I. The third kappa shape index (κ3) is 7.95. The van der Waals surface area contributed by atoms with E-state index in [0.717, 1.165) is 49.9 Å². The average molecular weight is 501 g/mol. The summed E-state index contributed by atoms with van der Waals surface area (Å²) < 4.78 is 12.9. The maximum atomic E-state index is 5.64. The zero-order valence-corrected chi connectivity index (χ0v) is 19.5. The molecule has 0 atom stereocenters. The fourth-order valence-electron chi connectivity index (χ4n) is 2.74. The van der Waals surface area contributed by atoms with Gasteiger partial charge in [0.05, 0.1) is 26.5 Å². The Hall–Kier alpha value is -1.97. The summed E-state index contributed by atoms with van der Waals surface area (Å²) in [6, 6.07) is 6.10. The van der Waals surface area contributed by atoms with Crippen molar-refractivity contribution in [3.8, 4) is 11.5 Å². The van der Waals surface area contributed by atoms with Crippen LogP contribution >= 0.6 is 24.0 Å². The van der Waals surface area contributed by atoms with E-state index in [9.17, 15) is 0 Å². The monoisotopic (exact) mass is 501 g/mol. The number of aromatic nitrogens is 2. The highest BCUT2D eigenvalue weighted by molar-refractivity contribution is 14.0. The quantitative estimate of drug-likeness (QED) is 0.227. The molecule has 0 aliphatic carbocycles. The Balaban J connectivity index is 0.00000392. The van der Waals surface area contributed by atoms with Crippen molar-refractivity contribution >= 4 is 29.9 Å². The second-order valence-corrected chi connectivity index (χ2v) is 6.23. The highest BCUT2D eigenvalue weighted by Crippen LogP contribution is 2.28. The van der Waals surface area contributed by atoms with Crippen LogP contribution in [0.2, 0.25) is 0 Å². The van der Waals surface area contributed by atoms with Crippen molar-refractivity contribution in [3.63, 3.8) is 0 Å². The first kappa shape index (κ1) is 24.1. The van der Waals surface area contributed by atoms with Gasteiger partial charge < -0.3 is 20.1 Å². The summed E-state index contributed by atoms with van der Waals surface area (Å²) in [5.41, 5.74) is 2.40. The van der Waals surface area contributed by atoms with Crippen LogP contribution in [0, 0.1) is 6.92 Å². The summed E-state index contributed by atoms with van der Waals surface area (Å²) in [4.78, 5) is 4.26. The number of hydrogen-bond donors (Lipinski definition) is 2. The van der Waals surface area contributed by atoms with Gasteiger partial charge in [0.25, 0.3) is 0 Å². The first-order valence-electron chi connectivity index (χ1n) is 9.39. The Morgan fingerprint density at radius 2 is 2.00 bits per heavy atom. The first-order chi connectivity index (χ1) is 13.2. The minimum Gasteiger partial charge on any atom is -0.493 e. The van der Waals surface area contributed by atoms with Gasteiger partial charge >= 0.3 is 0 Å². The van der Waals surface area contributed by atoms with Gasteiger partial charge in [0.1, 0.15) is 0 Å². The molecule has 0 saturated heterocycles. The predicted octanol–water partition coefficient (Wildman–Crippen LogP) is 3.01. The third-order valence-corrected chi connectivity index (χ3v) is 4.08. The minimum atomic E-state index is 0. The summed E-state index contributed by atoms with van der Waals surface area (Å²) >= 11 is 0. The lowest BCUT2D eigenvalue weighted by Crippen LogP contribution is -2.39. The van der Waals surface area contributed by atoms with E-state index in [-0.39, 0.29) is 24.0 Å². The molecule has 0 unspecified atom stereocenters. The van der Waals surface area contributed by atoms with Gasteiger partial charge in [-0.05, 0) is 49.9 Å². The van der Waals surface area contributed by atoms with Gasteiger partial charge in [-0.15, -0.1) is 24.0 Å². The number of hydrogen-bond acceptors (Lipinski definition) is 4. The van der Waals surface area contributed by atoms with Gasteiger partial charge in [0, 0.05) is 26.3 Å². The lowest BCUT2D eigenvalue weighted by molar-refractivity contribution is 0.310. The topological polar surface area (TPSA) is 72.7 Å². The minimum absolute atomic E-state index is 0. The van der Waals surface area contributed by atoms with Gasteiger partial charge in [0.15, 0.2) is 17.5 Å². The molecule has 0 aliphatic heterocycles. The number of benzene rings is 1. The molecule has 2 aromatic rings. The zero-order chi connectivity index (χ0) is 19.5. The van der Waals surface area contributed by atoms with E-state index >= 15 is 0 Å². The van der Waals surface area contributed by atoms with Crippen molar-refractivity contribution in [2.45, 2.75) is 33.2 Å². The molecule has 7 nitrogen and oxygen atoms in total. The molecule has 0 bridgehead atoms. The smallest absolute Gasteiger partial charge is 0.191 e. The Morgan fingerprint density at radius 1 is 1.21 bits per heavy atom. The second kappa shape index (κ2) is 13.2. The summed E-state index contributed by atoms with van der Waals surface area (Å²) in [5, 5.41) is 10.9. The van der Waals surface area contributed by atoms with Crippen LogP contribution < -0.4 is 20.1 Å². The van der Waals surface area contributed by atoms with E-state index in [2.05, 4.69) is 32.9 Å². The van der Waals surface area contributed by atoms with Crippen molar-refractivity contribution < 1.29 is 9.47 Å². The number of nitrogens with one attached hydrogen (secondary N) is 2. The zero-order valence-electron chi connectivity index (χ0n) is 17.2. The van der Waals surface area contributed by atoms with Crippen LogP contribution in [0.25, 0.3) is 0 Å². The number of aliphatic imine (C=N–C) groups is 1. The lowest BCUT2D eigenvalue weighted by Gasteiger charge is -2.13. The van der Waals surface area contributed by atoms with Crippen molar-refractivity contribution in [3.05, 3.63) is 41.7 Å². The maximum absolute atomic E-state index is 5.64. The summed E-state index contributed by atoms with van der Waals surface area (Å²) in [7, 11) is 3.44. The number of rotatable bonds is 10. The normalized spacial score (nSPS) is 10.9. The number of nitrogens with zero attached hydrogens (tertiary/aromatic N) is 3. The van der Waals surface area contributed by atoms with Gasteiger partial charge in [-0.25, -0.2) is 0 Å². The van der Waals surface area contributed by atoms with Crippen LogP contribution in [0.5, 0.6) is 11.5 Å². The molecule has 0 spiro atoms. The number of guanidine groups is 1. The van der Waals surface area contributed by atoms with Gasteiger partial charge in [-0.3, -0.25) is 9.67 Å². The van der Waals surface area contributed by atoms with E-state index in [1.807, 2.05) is 37.0 Å². The highest BCUT2D eigenvalue weighted by Gasteiger charge is 2.05. The molecule has 0 saturated carbocycles. The van der Waals surface area contributed by atoms with E-state index in [1.54, 1.807) is 14.2 Å². The van der Waals surface area contributed by atoms with Crippen LogP contribution in [-0.4, -0.2) is 49.6 Å². The summed E-state index contributed by atoms with van der Waals surface area (Å²) in [6.45, 7) is 7.06. The standard InChI is InChI=1S/C20H31N5O2.HI/c1-5-27-19-13-17(8-9-18(19)26-4)7-6-10-22-20(21-3)23-11-12-25-15-16(2)14-24-25;/h8-9,13-15H,5-7,10-12H2,1-4H3,(H2,21,22,23);1H. The molecule has 156 valence electrons. The molecule has 0 aliphatic rings. The Bertz CT molecular complexity index is 733. The van der Waals surface area contributed by atoms with Crippen LogP contribution in [0.3, 0.4) is 0 Å². The molecule has 0 radical (unpaired) electrons. The number of aryl methyl sites for hydroxylation is 2. The van der Waals surface area contributed by atoms with Crippen molar-refractivity contribution in [1.29, 1.82) is 0 Å². The molecule has 28 heavy (non-hydrogen) atoms. The Morgan fingerprint density at radius 3 is 2.64 bits per heavy atom. The van der Waals surface area contributed by atoms with Gasteiger partial charge in [-0.1, -0.05) is 6.07 Å². The molecule has 8 heteroatoms. The predicted molar refractivity (Wildman–Crippen MR) is 124 cm³/mol. The van der Waals surface area contributed by atoms with Crippen molar-refractivity contribution in [1.82, 2.24) is 20.4 Å². The number of methoxy groups -OCH3 is 1. The Kier molecular flexibility index (Phi) is 11.4. The number of ether oxygens (including phenoxy) is 2. The lowest BCUT2D eigenvalue weighted by atomic mass is 10.1. The molecule has 0 amide bonds. The first-order valence-corrected chi connectivity index (χ1v) is 9.39. The molecule has 2 rings (SSSR count). The number of halogens is 1. The van der Waals surface area contributed by atoms with E-state index in [4.69, 9.17) is 9.47 Å². The van der Waals surface area contributed by atoms with E-state index < -0.39 is 0 Å². The third-order valence-electron chi connectivity index (χ3n) is 4.08. The summed E-state index contributed by atoms with van der Waals surface area (Å²) in [6.07, 6.45) is 5.85. The van der Waals surface area contributed by atoms with Gasteiger partial charge in [0.2, 0.25) is 0 Å². The van der Waals surface area contributed by atoms with Crippen molar-refractivity contribution in [2.75, 3.05) is 33.9 Å². The van der Waals surface area contributed by atoms with Crippen LogP contribution in [0.15, 0.2) is 35.6 Å².